The number of ether oxygens (including phenoxy) is 1. The molecule has 1 saturated heterocycles. The molecule has 1 heterocycles. The van der Waals surface area contributed by atoms with Crippen molar-refractivity contribution >= 4 is 11.7 Å². The van der Waals surface area contributed by atoms with Gasteiger partial charge in [-0.2, -0.15) is 0 Å². The quantitative estimate of drug-likeness (QED) is 0.832. The van der Waals surface area contributed by atoms with Crippen LogP contribution in [-0.2, 0) is 14.3 Å². The molecule has 102 valence electrons. The van der Waals surface area contributed by atoms with Crippen molar-refractivity contribution in [3.63, 3.8) is 0 Å². The monoisotopic (exact) mass is 253 g/mol. The molecule has 0 aromatic heterocycles. The third-order valence-electron chi connectivity index (χ3n) is 4.19. The number of rotatable bonds is 3. The van der Waals surface area contributed by atoms with E-state index < -0.39 is 0 Å². The Bertz CT molecular complexity index is 323. The molecule has 0 aromatic carbocycles. The van der Waals surface area contributed by atoms with E-state index in [1.807, 2.05) is 13.8 Å². The Morgan fingerprint density at radius 3 is 2.83 bits per heavy atom. The minimum Gasteiger partial charge on any atom is -0.376 e. The van der Waals surface area contributed by atoms with Crippen molar-refractivity contribution in [2.75, 3.05) is 6.61 Å². The average molecular weight is 253 g/mol. The fourth-order valence-electron chi connectivity index (χ4n) is 2.91. The van der Waals surface area contributed by atoms with Crippen LogP contribution in [0.25, 0.3) is 0 Å². The maximum atomic E-state index is 12.1. The van der Waals surface area contributed by atoms with Gasteiger partial charge in [-0.25, -0.2) is 0 Å². The van der Waals surface area contributed by atoms with Gasteiger partial charge in [-0.3, -0.25) is 9.59 Å². The first-order valence-electron chi connectivity index (χ1n) is 7.02. The molecular weight excluding hydrogens is 230 g/mol. The molecule has 1 aliphatic heterocycles. The van der Waals surface area contributed by atoms with Gasteiger partial charge in [-0.15, -0.1) is 0 Å². The van der Waals surface area contributed by atoms with Gasteiger partial charge in [-0.05, 0) is 32.6 Å². The van der Waals surface area contributed by atoms with E-state index in [1.165, 1.54) is 0 Å². The van der Waals surface area contributed by atoms with Crippen molar-refractivity contribution in [3.05, 3.63) is 0 Å². The van der Waals surface area contributed by atoms with Gasteiger partial charge >= 0.3 is 0 Å². The summed E-state index contributed by atoms with van der Waals surface area (Å²) in [5.41, 5.74) is 0. The van der Waals surface area contributed by atoms with Crippen LogP contribution in [0.2, 0.25) is 0 Å². The Morgan fingerprint density at radius 2 is 2.22 bits per heavy atom. The molecule has 4 nitrogen and oxygen atoms in total. The van der Waals surface area contributed by atoms with Gasteiger partial charge in [0.15, 0.2) is 0 Å². The molecule has 0 spiro atoms. The number of amides is 1. The zero-order valence-electron chi connectivity index (χ0n) is 11.3. The van der Waals surface area contributed by atoms with Crippen LogP contribution in [0.1, 0.15) is 46.0 Å². The molecule has 1 saturated carbocycles. The minimum absolute atomic E-state index is 0.00144. The molecule has 0 aromatic rings. The van der Waals surface area contributed by atoms with Gasteiger partial charge < -0.3 is 10.1 Å². The van der Waals surface area contributed by atoms with Gasteiger partial charge in [0.25, 0.3) is 0 Å². The van der Waals surface area contributed by atoms with E-state index in [1.54, 1.807) is 0 Å². The first-order chi connectivity index (χ1) is 8.58. The molecule has 0 radical (unpaired) electrons. The van der Waals surface area contributed by atoms with Gasteiger partial charge in [0.1, 0.15) is 5.78 Å². The Balaban J connectivity index is 1.82. The lowest BCUT2D eigenvalue weighted by atomic mass is 9.81. The van der Waals surface area contributed by atoms with Gasteiger partial charge in [-0.1, -0.05) is 6.92 Å². The van der Waals surface area contributed by atoms with Crippen LogP contribution in [-0.4, -0.2) is 30.4 Å². The van der Waals surface area contributed by atoms with E-state index in [2.05, 4.69) is 5.32 Å². The summed E-state index contributed by atoms with van der Waals surface area (Å²) in [6, 6.07) is 0.0768. The summed E-state index contributed by atoms with van der Waals surface area (Å²) in [6.45, 7) is 4.73. The first kappa shape index (κ1) is 13.5. The summed E-state index contributed by atoms with van der Waals surface area (Å²) < 4.78 is 5.57. The second-order valence-corrected chi connectivity index (χ2v) is 5.69. The lowest BCUT2D eigenvalue weighted by molar-refractivity contribution is -0.131. The van der Waals surface area contributed by atoms with Crippen LogP contribution < -0.4 is 5.32 Å². The van der Waals surface area contributed by atoms with Gasteiger partial charge in [0, 0.05) is 24.9 Å². The average Bonchev–Trinajstić information content (AvgIpc) is 2.86. The topological polar surface area (TPSA) is 55.4 Å². The van der Waals surface area contributed by atoms with Gasteiger partial charge in [0.05, 0.1) is 12.1 Å². The molecule has 2 fully saturated rings. The third kappa shape index (κ3) is 3.10. The molecule has 4 heteroatoms. The van der Waals surface area contributed by atoms with E-state index in [0.29, 0.717) is 25.0 Å². The van der Waals surface area contributed by atoms with Gasteiger partial charge in [0.2, 0.25) is 5.91 Å². The second-order valence-electron chi connectivity index (χ2n) is 5.69. The van der Waals surface area contributed by atoms with Crippen molar-refractivity contribution in [2.24, 2.45) is 11.8 Å². The van der Waals surface area contributed by atoms with Crippen molar-refractivity contribution in [1.29, 1.82) is 0 Å². The molecule has 1 amide bonds. The van der Waals surface area contributed by atoms with Crippen LogP contribution in [0.4, 0.5) is 0 Å². The highest BCUT2D eigenvalue weighted by Gasteiger charge is 2.32. The SMILES string of the molecule is C[C@@H]1C[C@H](C(=O)N[C@H](C)[C@H]2CCCO2)CCC1=O. The Labute approximate surface area is 108 Å². The standard InChI is InChI=1S/C14H23NO3/c1-9-8-11(5-6-12(9)16)14(17)15-10(2)13-4-3-7-18-13/h9-11,13H,3-8H2,1-2H3,(H,15,17)/t9-,10-,11-,13-/m1/s1. The van der Waals surface area contributed by atoms with E-state index in [0.717, 1.165) is 19.4 Å². The molecular formula is C14H23NO3. The molecule has 0 unspecified atom stereocenters. The van der Waals surface area contributed by atoms with Crippen LogP contribution in [0.15, 0.2) is 0 Å². The molecule has 18 heavy (non-hydrogen) atoms. The van der Waals surface area contributed by atoms with Crippen molar-refractivity contribution in [3.8, 4) is 0 Å². The molecule has 4 atom stereocenters. The fraction of sp³-hybridized carbons (Fsp3) is 0.857. The number of hydrogen-bond acceptors (Lipinski definition) is 3. The van der Waals surface area contributed by atoms with E-state index in [4.69, 9.17) is 4.74 Å². The predicted octanol–water partition coefficient (Wildman–Crippen LogP) is 1.68. The maximum Gasteiger partial charge on any atom is 0.223 e. The van der Waals surface area contributed by atoms with E-state index >= 15 is 0 Å². The smallest absolute Gasteiger partial charge is 0.223 e. The maximum absolute atomic E-state index is 12.1. The number of Topliss-reactive ketones (excluding diaryl/α,β-unsaturated/α-hetero) is 1. The summed E-state index contributed by atoms with van der Waals surface area (Å²) in [4.78, 5) is 23.6. The zero-order chi connectivity index (χ0) is 13.1. The molecule has 1 aliphatic carbocycles. The lowest BCUT2D eigenvalue weighted by Crippen LogP contribution is -2.45. The molecule has 0 bridgehead atoms. The predicted molar refractivity (Wildman–Crippen MR) is 68.1 cm³/mol. The number of hydrogen-bond donors (Lipinski definition) is 1. The molecule has 2 aliphatic rings. The third-order valence-corrected chi connectivity index (χ3v) is 4.19. The van der Waals surface area contributed by atoms with Crippen LogP contribution in [0, 0.1) is 11.8 Å². The van der Waals surface area contributed by atoms with E-state index in [-0.39, 0.29) is 29.9 Å². The molecule has 1 N–H and O–H groups in total. The summed E-state index contributed by atoms with van der Waals surface area (Å²) in [6.07, 6.45) is 4.22. The van der Waals surface area contributed by atoms with Crippen molar-refractivity contribution < 1.29 is 14.3 Å². The number of ketones is 1. The van der Waals surface area contributed by atoms with Crippen LogP contribution in [0.3, 0.4) is 0 Å². The summed E-state index contributed by atoms with van der Waals surface area (Å²) in [7, 11) is 0. The highest BCUT2D eigenvalue weighted by Crippen LogP contribution is 2.26. The van der Waals surface area contributed by atoms with Crippen molar-refractivity contribution in [1.82, 2.24) is 5.32 Å². The largest absolute Gasteiger partial charge is 0.376 e. The second kappa shape index (κ2) is 5.83. The van der Waals surface area contributed by atoms with Crippen LogP contribution in [0.5, 0.6) is 0 Å². The number of carbonyl (C=O) groups excluding carboxylic acids is 2. The lowest BCUT2D eigenvalue weighted by Gasteiger charge is -2.27. The highest BCUT2D eigenvalue weighted by molar-refractivity contribution is 5.86. The fourth-order valence-corrected chi connectivity index (χ4v) is 2.91. The molecule has 2 rings (SSSR count). The summed E-state index contributed by atoms with van der Waals surface area (Å²) in [5, 5.41) is 3.05. The highest BCUT2D eigenvalue weighted by atomic mass is 16.5. The number of carbonyl (C=O) groups is 2. The number of nitrogens with one attached hydrogen (secondary N) is 1. The normalized spacial score (nSPS) is 34.3. The van der Waals surface area contributed by atoms with E-state index in [9.17, 15) is 9.59 Å². The summed E-state index contributed by atoms with van der Waals surface area (Å²) in [5.74, 6) is 0.428. The Hall–Kier alpha value is -0.900. The zero-order valence-corrected chi connectivity index (χ0v) is 11.3. The Kier molecular flexibility index (Phi) is 4.38. The van der Waals surface area contributed by atoms with Crippen molar-refractivity contribution in [2.45, 2.75) is 58.1 Å². The first-order valence-corrected chi connectivity index (χ1v) is 7.02. The summed E-state index contributed by atoms with van der Waals surface area (Å²) >= 11 is 0. The Morgan fingerprint density at radius 1 is 1.44 bits per heavy atom. The minimum atomic E-state index is 0.00144. The van der Waals surface area contributed by atoms with Crippen LogP contribution >= 0.6 is 0 Å².